The van der Waals surface area contributed by atoms with Gasteiger partial charge in [0.15, 0.2) is 5.82 Å². The maximum atomic E-state index is 12.6. The summed E-state index contributed by atoms with van der Waals surface area (Å²) < 4.78 is 7.35. The standard InChI is InChI=1S/C16H24N4O3/c1-12(2)20-10-16(11-23-8-13(20)21)4-6-19(9-16)15(22)14-17-5-7-18(14)3/h5,7,12H,4,6,8-11H2,1-3H3. The van der Waals surface area contributed by atoms with E-state index >= 15 is 0 Å². The molecule has 0 radical (unpaired) electrons. The van der Waals surface area contributed by atoms with Gasteiger partial charge in [0.25, 0.3) is 5.91 Å². The van der Waals surface area contributed by atoms with Gasteiger partial charge in [-0.05, 0) is 20.3 Å². The minimum Gasteiger partial charge on any atom is -0.371 e. The van der Waals surface area contributed by atoms with Crippen LogP contribution in [-0.2, 0) is 16.6 Å². The zero-order valence-electron chi connectivity index (χ0n) is 14.0. The molecule has 7 nitrogen and oxygen atoms in total. The topological polar surface area (TPSA) is 67.7 Å². The normalized spacial score (nSPS) is 25.5. The fourth-order valence-electron chi connectivity index (χ4n) is 3.47. The van der Waals surface area contributed by atoms with Crippen LogP contribution in [-0.4, -0.2) is 70.1 Å². The largest absolute Gasteiger partial charge is 0.371 e. The van der Waals surface area contributed by atoms with Crippen LogP contribution >= 0.6 is 0 Å². The fraction of sp³-hybridized carbons (Fsp3) is 0.688. The number of rotatable bonds is 2. The predicted molar refractivity (Wildman–Crippen MR) is 83.8 cm³/mol. The first-order valence-electron chi connectivity index (χ1n) is 8.06. The summed E-state index contributed by atoms with van der Waals surface area (Å²) in [6, 6.07) is 0.139. The first-order valence-corrected chi connectivity index (χ1v) is 8.06. The molecular weight excluding hydrogens is 296 g/mol. The number of amides is 2. The van der Waals surface area contributed by atoms with E-state index in [2.05, 4.69) is 4.98 Å². The number of aromatic nitrogens is 2. The van der Waals surface area contributed by atoms with Crippen LogP contribution in [0.4, 0.5) is 0 Å². The second-order valence-electron chi connectivity index (χ2n) is 6.95. The van der Waals surface area contributed by atoms with Crippen LogP contribution in [0.15, 0.2) is 12.4 Å². The Morgan fingerprint density at radius 3 is 2.83 bits per heavy atom. The molecule has 7 heteroatoms. The number of ether oxygens (including phenoxy) is 1. The molecule has 1 aromatic heterocycles. The molecule has 2 aliphatic heterocycles. The lowest BCUT2D eigenvalue weighted by atomic mass is 9.87. The van der Waals surface area contributed by atoms with Gasteiger partial charge in [-0.25, -0.2) is 4.98 Å². The fourth-order valence-corrected chi connectivity index (χ4v) is 3.47. The Morgan fingerprint density at radius 1 is 1.39 bits per heavy atom. The highest BCUT2D eigenvalue weighted by molar-refractivity contribution is 5.91. The van der Waals surface area contributed by atoms with E-state index in [-0.39, 0.29) is 29.9 Å². The van der Waals surface area contributed by atoms with Gasteiger partial charge in [0.1, 0.15) is 6.61 Å². The first-order chi connectivity index (χ1) is 10.9. The van der Waals surface area contributed by atoms with Crippen molar-refractivity contribution in [2.24, 2.45) is 12.5 Å². The summed E-state index contributed by atoms with van der Waals surface area (Å²) in [4.78, 5) is 32.6. The zero-order chi connectivity index (χ0) is 16.6. The van der Waals surface area contributed by atoms with Gasteiger partial charge < -0.3 is 19.1 Å². The van der Waals surface area contributed by atoms with Gasteiger partial charge >= 0.3 is 0 Å². The third kappa shape index (κ3) is 2.97. The molecule has 126 valence electrons. The zero-order valence-corrected chi connectivity index (χ0v) is 14.0. The molecule has 0 saturated carbocycles. The van der Waals surface area contributed by atoms with Crippen molar-refractivity contribution in [1.29, 1.82) is 0 Å². The maximum Gasteiger partial charge on any atom is 0.289 e. The van der Waals surface area contributed by atoms with Crippen LogP contribution in [0.5, 0.6) is 0 Å². The molecule has 3 heterocycles. The quantitative estimate of drug-likeness (QED) is 0.797. The van der Waals surface area contributed by atoms with Crippen LogP contribution in [0, 0.1) is 5.41 Å². The van der Waals surface area contributed by atoms with Gasteiger partial charge in [-0.15, -0.1) is 0 Å². The van der Waals surface area contributed by atoms with Crippen molar-refractivity contribution in [3.63, 3.8) is 0 Å². The first kappa shape index (κ1) is 16.0. The molecule has 2 amide bonds. The van der Waals surface area contributed by atoms with E-state index in [1.165, 1.54) is 0 Å². The molecule has 1 unspecified atom stereocenters. The number of nitrogens with zero attached hydrogens (tertiary/aromatic N) is 4. The van der Waals surface area contributed by atoms with Crippen molar-refractivity contribution in [2.45, 2.75) is 26.3 Å². The average Bonchev–Trinajstić information content (AvgIpc) is 3.06. The van der Waals surface area contributed by atoms with Crippen LogP contribution in [0.1, 0.15) is 30.9 Å². The summed E-state index contributed by atoms with van der Waals surface area (Å²) >= 11 is 0. The van der Waals surface area contributed by atoms with Crippen molar-refractivity contribution in [3.8, 4) is 0 Å². The molecule has 1 atom stereocenters. The highest BCUT2D eigenvalue weighted by atomic mass is 16.5. The monoisotopic (exact) mass is 320 g/mol. The molecule has 1 spiro atoms. The summed E-state index contributed by atoms with van der Waals surface area (Å²) in [5.74, 6) is 0.431. The van der Waals surface area contributed by atoms with E-state index in [1.807, 2.05) is 30.7 Å². The molecule has 0 aliphatic carbocycles. The number of imidazole rings is 1. The van der Waals surface area contributed by atoms with Crippen LogP contribution in [0.25, 0.3) is 0 Å². The highest BCUT2D eigenvalue weighted by Crippen LogP contribution is 2.34. The molecule has 2 saturated heterocycles. The summed E-state index contributed by atoms with van der Waals surface area (Å²) in [7, 11) is 1.82. The minimum atomic E-state index is -0.169. The van der Waals surface area contributed by atoms with Crippen molar-refractivity contribution in [2.75, 3.05) is 32.8 Å². The number of hydrogen-bond acceptors (Lipinski definition) is 4. The van der Waals surface area contributed by atoms with Crippen molar-refractivity contribution in [3.05, 3.63) is 18.2 Å². The van der Waals surface area contributed by atoms with Gasteiger partial charge in [-0.2, -0.15) is 0 Å². The van der Waals surface area contributed by atoms with Crippen molar-refractivity contribution < 1.29 is 14.3 Å². The number of carbonyl (C=O) groups excluding carboxylic acids is 2. The third-order valence-electron chi connectivity index (χ3n) is 4.82. The third-order valence-corrected chi connectivity index (χ3v) is 4.82. The average molecular weight is 320 g/mol. The van der Waals surface area contributed by atoms with Gasteiger partial charge in [-0.3, -0.25) is 9.59 Å². The van der Waals surface area contributed by atoms with Gasteiger partial charge in [0.05, 0.1) is 6.61 Å². The summed E-state index contributed by atoms with van der Waals surface area (Å²) in [6.07, 6.45) is 4.25. The van der Waals surface area contributed by atoms with E-state index in [0.29, 0.717) is 32.1 Å². The second-order valence-corrected chi connectivity index (χ2v) is 6.95. The lowest BCUT2D eigenvalue weighted by Crippen LogP contribution is -2.46. The Morgan fingerprint density at radius 2 is 2.17 bits per heavy atom. The molecule has 0 N–H and O–H groups in total. The van der Waals surface area contributed by atoms with E-state index in [4.69, 9.17) is 4.74 Å². The number of hydrogen-bond donors (Lipinski definition) is 0. The SMILES string of the molecule is CC(C)N1CC2(CCN(C(=O)c3nccn3C)C2)COCC1=O. The lowest BCUT2D eigenvalue weighted by Gasteiger charge is -2.34. The number of carbonyl (C=O) groups is 2. The number of aryl methyl sites for hydroxylation is 1. The Hall–Kier alpha value is -1.89. The van der Waals surface area contributed by atoms with Crippen molar-refractivity contribution >= 4 is 11.8 Å². The van der Waals surface area contributed by atoms with Crippen LogP contribution in [0.2, 0.25) is 0 Å². The second kappa shape index (κ2) is 5.96. The van der Waals surface area contributed by atoms with Gasteiger partial charge in [-0.1, -0.05) is 0 Å². The van der Waals surface area contributed by atoms with Gasteiger partial charge in [0, 0.05) is 50.5 Å². The predicted octanol–water partition coefficient (Wildman–Crippen LogP) is 0.520. The minimum absolute atomic E-state index is 0.0331. The Labute approximate surface area is 136 Å². The van der Waals surface area contributed by atoms with E-state index in [9.17, 15) is 9.59 Å². The molecule has 0 aromatic carbocycles. The van der Waals surface area contributed by atoms with Gasteiger partial charge in [0.2, 0.25) is 5.91 Å². The summed E-state index contributed by atoms with van der Waals surface area (Å²) in [6.45, 7) is 6.61. The van der Waals surface area contributed by atoms with E-state index in [0.717, 1.165) is 6.42 Å². The summed E-state index contributed by atoms with van der Waals surface area (Å²) in [5, 5.41) is 0. The highest BCUT2D eigenvalue weighted by Gasteiger charge is 2.45. The summed E-state index contributed by atoms with van der Waals surface area (Å²) in [5.41, 5.74) is -0.169. The molecular formula is C16H24N4O3. The van der Waals surface area contributed by atoms with Crippen LogP contribution < -0.4 is 0 Å². The maximum absolute atomic E-state index is 12.6. The molecule has 3 rings (SSSR count). The van der Waals surface area contributed by atoms with E-state index < -0.39 is 0 Å². The number of likely N-dealkylation sites (tertiary alicyclic amines) is 1. The molecule has 1 aromatic rings. The molecule has 2 fully saturated rings. The Balaban J connectivity index is 1.76. The van der Waals surface area contributed by atoms with Crippen LogP contribution in [0.3, 0.4) is 0 Å². The smallest absolute Gasteiger partial charge is 0.289 e. The molecule has 0 bridgehead atoms. The van der Waals surface area contributed by atoms with E-state index in [1.54, 1.807) is 17.0 Å². The molecule has 2 aliphatic rings. The Bertz CT molecular complexity index is 612. The molecule has 23 heavy (non-hydrogen) atoms. The lowest BCUT2D eigenvalue weighted by molar-refractivity contribution is -0.135. The van der Waals surface area contributed by atoms with Crippen molar-refractivity contribution in [1.82, 2.24) is 19.4 Å². The Kier molecular flexibility index (Phi) is 4.14.